The Bertz CT molecular complexity index is 992. The molecule has 0 unspecified atom stereocenters. The average Bonchev–Trinajstić information content (AvgIpc) is 3.24. The zero-order chi connectivity index (χ0) is 24.0. The lowest BCUT2D eigenvalue weighted by Gasteiger charge is -2.26. The summed E-state index contributed by atoms with van der Waals surface area (Å²) in [6, 6.07) is 12.1. The van der Waals surface area contributed by atoms with Crippen LogP contribution in [0.25, 0.3) is 0 Å². The van der Waals surface area contributed by atoms with E-state index in [1.165, 1.54) is 17.5 Å². The summed E-state index contributed by atoms with van der Waals surface area (Å²) in [4.78, 5) is 29.2. The molecule has 2 amide bonds. The Kier molecular flexibility index (Phi) is 8.89. The third-order valence-corrected chi connectivity index (χ3v) is 6.27. The number of fused-ring (bicyclic) bond motifs is 1. The maximum absolute atomic E-state index is 13.1. The Morgan fingerprint density at radius 1 is 1.03 bits per heavy atom. The Balaban J connectivity index is 1.58. The molecule has 0 saturated heterocycles. The molecule has 1 aliphatic rings. The van der Waals surface area contributed by atoms with Crippen LogP contribution >= 0.6 is 11.6 Å². The molecular formula is C26H35ClN4O2. The van der Waals surface area contributed by atoms with Crippen LogP contribution in [0.15, 0.2) is 36.4 Å². The topological polar surface area (TPSA) is 64.7 Å². The van der Waals surface area contributed by atoms with E-state index in [4.69, 9.17) is 11.6 Å². The SMILES string of the molecule is Cc1cc(Cl)ccc1N(CCNC(C)C)C(=O)CNCC(=O)N(C)c1ccc2c(c1)CCC2. The standard InChI is InChI=1S/C26H35ClN4O2/c1-18(2)29-12-13-31(24-11-9-22(27)14-19(24)3)26(33)17-28-16-25(32)30(4)23-10-8-20-6-5-7-21(20)15-23/h8-11,14-15,18,28-29H,5-7,12-13,16-17H2,1-4H3. The number of rotatable bonds is 10. The number of benzene rings is 2. The van der Waals surface area contributed by atoms with Crippen molar-refractivity contribution >= 4 is 34.8 Å². The fourth-order valence-electron chi connectivity index (χ4n) is 4.17. The third kappa shape index (κ3) is 6.79. The molecule has 2 aromatic rings. The Morgan fingerprint density at radius 3 is 2.48 bits per heavy atom. The quantitative estimate of drug-likeness (QED) is 0.555. The first-order chi connectivity index (χ1) is 15.8. The minimum absolute atomic E-state index is 0.0727. The first-order valence-corrected chi connectivity index (χ1v) is 12.0. The number of carbonyl (C=O) groups is 2. The van der Waals surface area contributed by atoms with Crippen molar-refractivity contribution in [2.24, 2.45) is 0 Å². The predicted octanol–water partition coefficient (Wildman–Crippen LogP) is 3.72. The van der Waals surface area contributed by atoms with Crippen LogP contribution in [0, 0.1) is 6.92 Å². The van der Waals surface area contributed by atoms with Crippen LogP contribution in [0.4, 0.5) is 11.4 Å². The van der Waals surface area contributed by atoms with E-state index >= 15 is 0 Å². The molecule has 7 heteroatoms. The second-order valence-electron chi connectivity index (χ2n) is 8.95. The van der Waals surface area contributed by atoms with Crippen LogP contribution in [0.2, 0.25) is 5.02 Å². The number of hydrogen-bond acceptors (Lipinski definition) is 4. The van der Waals surface area contributed by atoms with Crippen molar-refractivity contribution in [1.29, 1.82) is 0 Å². The van der Waals surface area contributed by atoms with Gasteiger partial charge in [0.05, 0.1) is 13.1 Å². The van der Waals surface area contributed by atoms with Crippen LogP contribution in [0.5, 0.6) is 0 Å². The molecule has 0 aromatic heterocycles. The van der Waals surface area contributed by atoms with E-state index in [1.807, 2.05) is 25.1 Å². The summed E-state index contributed by atoms with van der Waals surface area (Å²) in [7, 11) is 1.78. The van der Waals surface area contributed by atoms with Gasteiger partial charge in [0.25, 0.3) is 0 Å². The summed E-state index contributed by atoms with van der Waals surface area (Å²) in [5, 5.41) is 7.04. The highest BCUT2D eigenvalue weighted by atomic mass is 35.5. The summed E-state index contributed by atoms with van der Waals surface area (Å²) < 4.78 is 0. The molecule has 33 heavy (non-hydrogen) atoms. The van der Waals surface area contributed by atoms with Crippen molar-refractivity contribution in [3.63, 3.8) is 0 Å². The van der Waals surface area contributed by atoms with Crippen LogP contribution in [0.1, 0.15) is 37.0 Å². The number of hydrogen-bond donors (Lipinski definition) is 2. The highest BCUT2D eigenvalue weighted by Crippen LogP contribution is 2.26. The molecule has 6 nitrogen and oxygen atoms in total. The number of aryl methyl sites for hydroxylation is 3. The number of halogens is 1. The maximum Gasteiger partial charge on any atom is 0.241 e. The van der Waals surface area contributed by atoms with Gasteiger partial charge in [0.2, 0.25) is 11.8 Å². The second kappa shape index (κ2) is 11.6. The monoisotopic (exact) mass is 470 g/mol. The zero-order valence-electron chi connectivity index (χ0n) is 20.1. The number of nitrogens with one attached hydrogen (secondary N) is 2. The minimum Gasteiger partial charge on any atom is -0.314 e. The van der Waals surface area contributed by atoms with Crippen LogP contribution in [-0.4, -0.2) is 51.1 Å². The normalized spacial score (nSPS) is 12.7. The molecular weight excluding hydrogens is 436 g/mol. The zero-order valence-corrected chi connectivity index (χ0v) is 20.8. The van der Waals surface area contributed by atoms with Gasteiger partial charge in [-0.1, -0.05) is 31.5 Å². The molecule has 0 radical (unpaired) electrons. The number of carbonyl (C=O) groups excluding carboxylic acids is 2. The number of amides is 2. The summed E-state index contributed by atoms with van der Waals surface area (Å²) in [6.45, 7) is 7.47. The Labute approximate surface area is 202 Å². The van der Waals surface area contributed by atoms with Gasteiger partial charge in [-0.05, 0) is 73.2 Å². The Hall–Kier alpha value is -2.41. The molecule has 0 heterocycles. The van der Waals surface area contributed by atoms with Crippen LogP contribution in [-0.2, 0) is 22.4 Å². The van der Waals surface area contributed by atoms with Crippen molar-refractivity contribution in [1.82, 2.24) is 10.6 Å². The molecule has 0 saturated carbocycles. The van der Waals surface area contributed by atoms with Gasteiger partial charge in [0.1, 0.15) is 0 Å². The minimum atomic E-state index is -0.0843. The molecule has 0 bridgehead atoms. The molecule has 2 aromatic carbocycles. The van der Waals surface area contributed by atoms with Crippen molar-refractivity contribution < 1.29 is 9.59 Å². The molecule has 178 valence electrons. The largest absolute Gasteiger partial charge is 0.314 e. The van der Waals surface area contributed by atoms with Gasteiger partial charge in [0.15, 0.2) is 0 Å². The van der Waals surface area contributed by atoms with Gasteiger partial charge >= 0.3 is 0 Å². The lowest BCUT2D eigenvalue weighted by molar-refractivity contribution is -0.118. The summed E-state index contributed by atoms with van der Waals surface area (Å²) in [5.74, 6) is -0.157. The second-order valence-corrected chi connectivity index (χ2v) is 9.38. The molecule has 0 aliphatic heterocycles. The summed E-state index contributed by atoms with van der Waals surface area (Å²) in [5.41, 5.74) is 5.38. The van der Waals surface area contributed by atoms with E-state index in [0.717, 1.165) is 29.8 Å². The Morgan fingerprint density at radius 2 is 1.76 bits per heavy atom. The highest BCUT2D eigenvalue weighted by Gasteiger charge is 2.19. The summed E-state index contributed by atoms with van der Waals surface area (Å²) >= 11 is 6.11. The number of nitrogens with zero attached hydrogens (tertiary/aromatic N) is 2. The van der Waals surface area contributed by atoms with Crippen molar-refractivity contribution in [2.45, 2.75) is 46.1 Å². The highest BCUT2D eigenvalue weighted by molar-refractivity contribution is 6.30. The molecule has 2 N–H and O–H groups in total. The molecule has 0 spiro atoms. The van der Waals surface area contributed by atoms with E-state index in [2.05, 4.69) is 36.6 Å². The van der Waals surface area contributed by atoms with E-state index in [0.29, 0.717) is 24.2 Å². The van der Waals surface area contributed by atoms with Crippen molar-refractivity contribution in [3.05, 3.63) is 58.1 Å². The summed E-state index contributed by atoms with van der Waals surface area (Å²) in [6.07, 6.45) is 3.37. The smallest absolute Gasteiger partial charge is 0.241 e. The maximum atomic E-state index is 13.1. The molecule has 0 atom stereocenters. The lowest BCUT2D eigenvalue weighted by Crippen LogP contribution is -2.45. The van der Waals surface area contributed by atoms with Gasteiger partial charge in [0, 0.05) is 42.6 Å². The van der Waals surface area contributed by atoms with E-state index < -0.39 is 0 Å². The number of likely N-dealkylation sites (N-methyl/N-ethyl adjacent to an activating group) is 1. The lowest BCUT2D eigenvalue weighted by atomic mass is 10.1. The third-order valence-electron chi connectivity index (χ3n) is 6.03. The van der Waals surface area contributed by atoms with Crippen LogP contribution < -0.4 is 20.4 Å². The van der Waals surface area contributed by atoms with E-state index in [1.54, 1.807) is 22.9 Å². The molecule has 3 rings (SSSR count). The van der Waals surface area contributed by atoms with Gasteiger partial charge in [-0.25, -0.2) is 0 Å². The fraction of sp³-hybridized carbons (Fsp3) is 0.462. The fourth-order valence-corrected chi connectivity index (χ4v) is 4.39. The predicted molar refractivity (Wildman–Crippen MR) is 136 cm³/mol. The van der Waals surface area contributed by atoms with Crippen molar-refractivity contribution in [3.8, 4) is 0 Å². The first kappa shape index (κ1) is 25.2. The van der Waals surface area contributed by atoms with Crippen LogP contribution in [0.3, 0.4) is 0 Å². The molecule has 1 aliphatic carbocycles. The van der Waals surface area contributed by atoms with Gasteiger partial charge in [-0.2, -0.15) is 0 Å². The van der Waals surface area contributed by atoms with Gasteiger partial charge < -0.3 is 15.1 Å². The van der Waals surface area contributed by atoms with E-state index in [9.17, 15) is 9.59 Å². The van der Waals surface area contributed by atoms with Gasteiger partial charge in [-0.3, -0.25) is 14.9 Å². The first-order valence-electron chi connectivity index (χ1n) is 11.6. The molecule has 0 fully saturated rings. The van der Waals surface area contributed by atoms with E-state index in [-0.39, 0.29) is 24.9 Å². The number of anilines is 2. The average molecular weight is 471 g/mol. The van der Waals surface area contributed by atoms with Crippen molar-refractivity contribution in [2.75, 3.05) is 43.0 Å². The van der Waals surface area contributed by atoms with Gasteiger partial charge in [-0.15, -0.1) is 0 Å².